The van der Waals surface area contributed by atoms with Gasteiger partial charge in [-0.3, -0.25) is 4.99 Å². The number of rotatable bonds is 1. The van der Waals surface area contributed by atoms with Crippen LogP contribution in [0.2, 0.25) is 0 Å². The van der Waals surface area contributed by atoms with Gasteiger partial charge in [-0.2, -0.15) is 0 Å². The summed E-state index contributed by atoms with van der Waals surface area (Å²) in [5, 5.41) is 9.10. The molecule has 0 amide bonds. The van der Waals surface area contributed by atoms with Crippen LogP contribution < -0.4 is 0 Å². The SMILES string of the molecule is CC1c2c(Br)cccc2C(c2cc3cccc(F)c3nn2)=NC1(C)C. The van der Waals surface area contributed by atoms with Gasteiger partial charge < -0.3 is 0 Å². The van der Waals surface area contributed by atoms with Crippen LogP contribution in [0.15, 0.2) is 51.9 Å². The molecule has 3 nitrogen and oxygen atoms in total. The number of fused-ring (bicyclic) bond motifs is 2. The fraction of sp³-hybridized carbons (Fsp3) is 0.250. The van der Waals surface area contributed by atoms with Gasteiger partial charge in [-0.05, 0) is 37.6 Å². The van der Waals surface area contributed by atoms with Gasteiger partial charge in [0.1, 0.15) is 11.2 Å². The molecule has 0 spiro atoms. The smallest absolute Gasteiger partial charge is 0.151 e. The average molecular weight is 398 g/mol. The van der Waals surface area contributed by atoms with E-state index in [9.17, 15) is 4.39 Å². The largest absolute Gasteiger partial charge is 0.276 e. The maximum atomic E-state index is 13.9. The highest BCUT2D eigenvalue weighted by molar-refractivity contribution is 9.10. The molecule has 2 aromatic carbocycles. The van der Waals surface area contributed by atoms with Crippen LogP contribution >= 0.6 is 15.9 Å². The van der Waals surface area contributed by atoms with Crippen molar-refractivity contribution >= 4 is 32.5 Å². The fourth-order valence-electron chi connectivity index (χ4n) is 3.33. The van der Waals surface area contributed by atoms with Gasteiger partial charge in [0, 0.05) is 21.3 Å². The first-order chi connectivity index (χ1) is 11.9. The third kappa shape index (κ3) is 2.58. The Morgan fingerprint density at radius 3 is 2.64 bits per heavy atom. The molecule has 5 heteroatoms. The van der Waals surface area contributed by atoms with E-state index in [-0.39, 0.29) is 22.8 Å². The molecular weight excluding hydrogens is 381 g/mol. The van der Waals surface area contributed by atoms with Crippen LogP contribution in [0.25, 0.3) is 10.9 Å². The number of nitrogens with zero attached hydrogens (tertiary/aromatic N) is 3. The first-order valence-electron chi connectivity index (χ1n) is 8.19. The van der Waals surface area contributed by atoms with Crippen molar-refractivity contribution in [3.05, 3.63) is 69.6 Å². The number of halogens is 2. The second-order valence-corrected chi connectivity index (χ2v) is 7.80. The minimum absolute atomic E-state index is 0.257. The van der Waals surface area contributed by atoms with Gasteiger partial charge in [0.15, 0.2) is 5.82 Å². The van der Waals surface area contributed by atoms with Crippen molar-refractivity contribution in [2.45, 2.75) is 32.2 Å². The minimum Gasteiger partial charge on any atom is -0.276 e. The Balaban J connectivity index is 1.97. The molecule has 0 saturated heterocycles. The lowest BCUT2D eigenvalue weighted by atomic mass is 9.77. The molecule has 0 aliphatic carbocycles. The Kier molecular flexibility index (Phi) is 3.72. The Bertz CT molecular complexity index is 1030. The monoisotopic (exact) mass is 397 g/mol. The molecule has 0 fully saturated rings. The van der Waals surface area contributed by atoms with Gasteiger partial charge in [-0.1, -0.05) is 47.1 Å². The van der Waals surface area contributed by atoms with Gasteiger partial charge in [0.05, 0.1) is 11.3 Å². The summed E-state index contributed by atoms with van der Waals surface area (Å²) in [7, 11) is 0. The standard InChI is InChI=1S/C20H17BrFN3/c1-11-17-13(7-5-8-14(17)21)19(23-20(11,2)3)16-10-12-6-4-9-15(22)18(12)25-24-16/h4-11H,1-3H3. The Labute approximate surface area is 154 Å². The second-order valence-electron chi connectivity index (χ2n) is 6.94. The minimum atomic E-state index is -0.362. The molecule has 1 aliphatic heterocycles. The summed E-state index contributed by atoms with van der Waals surface area (Å²) in [6.45, 7) is 6.42. The highest BCUT2D eigenvalue weighted by Gasteiger charge is 2.36. The molecular formula is C20H17BrFN3. The molecule has 126 valence electrons. The molecule has 0 radical (unpaired) electrons. The normalized spacial score (nSPS) is 18.8. The van der Waals surface area contributed by atoms with E-state index in [1.807, 2.05) is 18.2 Å². The zero-order chi connectivity index (χ0) is 17.8. The summed E-state index contributed by atoms with van der Waals surface area (Å²) in [6, 6.07) is 12.9. The van der Waals surface area contributed by atoms with Gasteiger partial charge >= 0.3 is 0 Å². The van der Waals surface area contributed by atoms with Crippen LogP contribution in [-0.4, -0.2) is 21.4 Å². The molecule has 0 bridgehead atoms. The molecule has 1 aromatic heterocycles. The first-order valence-corrected chi connectivity index (χ1v) is 8.99. The lowest BCUT2D eigenvalue weighted by molar-refractivity contribution is 0.431. The number of aliphatic imine (C=N–C) groups is 1. The van der Waals surface area contributed by atoms with Crippen molar-refractivity contribution < 1.29 is 4.39 Å². The van der Waals surface area contributed by atoms with Gasteiger partial charge in [-0.15, -0.1) is 10.2 Å². The Morgan fingerprint density at radius 2 is 1.84 bits per heavy atom. The Morgan fingerprint density at radius 1 is 1.08 bits per heavy atom. The lowest BCUT2D eigenvalue weighted by Gasteiger charge is -2.36. The van der Waals surface area contributed by atoms with Crippen molar-refractivity contribution in [2.75, 3.05) is 0 Å². The van der Waals surface area contributed by atoms with E-state index in [4.69, 9.17) is 4.99 Å². The number of benzene rings is 2. The lowest BCUT2D eigenvalue weighted by Crippen LogP contribution is -2.33. The molecule has 1 unspecified atom stereocenters. The summed E-state index contributed by atoms with van der Waals surface area (Å²) < 4.78 is 15.0. The van der Waals surface area contributed by atoms with Crippen molar-refractivity contribution in [3.8, 4) is 0 Å². The van der Waals surface area contributed by atoms with Crippen LogP contribution in [-0.2, 0) is 0 Å². The third-order valence-corrected chi connectivity index (χ3v) is 5.70. The first kappa shape index (κ1) is 16.3. The average Bonchev–Trinajstić information content (AvgIpc) is 2.58. The quantitative estimate of drug-likeness (QED) is 0.561. The highest BCUT2D eigenvalue weighted by Crippen LogP contribution is 2.42. The van der Waals surface area contributed by atoms with E-state index >= 15 is 0 Å². The van der Waals surface area contributed by atoms with Crippen molar-refractivity contribution in [3.63, 3.8) is 0 Å². The van der Waals surface area contributed by atoms with E-state index in [2.05, 4.69) is 59.0 Å². The molecule has 25 heavy (non-hydrogen) atoms. The van der Waals surface area contributed by atoms with Gasteiger partial charge in [0.25, 0.3) is 0 Å². The highest BCUT2D eigenvalue weighted by atomic mass is 79.9. The third-order valence-electron chi connectivity index (χ3n) is 5.01. The molecule has 4 rings (SSSR count). The summed E-state index contributed by atoms with van der Waals surface area (Å²) >= 11 is 3.68. The van der Waals surface area contributed by atoms with E-state index in [0.29, 0.717) is 5.69 Å². The molecule has 0 saturated carbocycles. The maximum absolute atomic E-state index is 13.9. The summed E-state index contributed by atoms with van der Waals surface area (Å²) in [6.07, 6.45) is 0. The molecule has 2 heterocycles. The van der Waals surface area contributed by atoms with Gasteiger partial charge in [-0.25, -0.2) is 4.39 Å². The van der Waals surface area contributed by atoms with E-state index in [1.54, 1.807) is 6.07 Å². The van der Waals surface area contributed by atoms with Crippen molar-refractivity contribution in [2.24, 2.45) is 4.99 Å². The molecule has 0 N–H and O–H groups in total. The van der Waals surface area contributed by atoms with Crippen LogP contribution in [0.1, 0.15) is 43.5 Å². The number of aromatic nitrogens is 2. The van der Waals surface area contributed by atoms with Crippen molar-refractivity contribution in [1.82, 2.24) is 10.2 Å². The summed E-state index contributed by atoms with van der Waals surface area (Å²) in [5.41, 5.74) is 3.75. The van der Waals surface area contributed by atoms with E-state index in [0.717, 1.165) is 21.1 Å². The maximum Gasteiger partial charge on any atom is 0.151 e. The van der Waals surface area contributed by atoms with Crippen LogP contribution in [0.5, 0.6) is 0 Å². The Hall–Kier alpha value is -2.14. The molecule has 3 aromatic rings. The second kappa shape index (κ2) is 5.70. The topological polar surface area (TPSA) is 38.1 Å². The zero-order valence-electron chi connectivity index (χ0n) is 14.2. The molecule has 1 aliphatic rings. The summed E-state index contributed by atoms with van der Waals surface area (Å²) in [5.74, 6) is -0.105. The van der Waals surface area contributed by atoms with E-state index in [1.165, 1.54) is 11.6 Å². The summed E-state index contributed by atoms with van der Waals surface area (Å²) in [4.78, 5) is 4.98. The number of hydrogen-bond donors (Lipinski definition) is 0. The van der Waals surface area contributed by atoms with Crippen molar-refractivity contribution in [1.29, 1.82) is 0 Å². The number of hydrogen-bond acceptors (Lipinski definition) is 3. The van der Waals surface area contributed by atoms with Crippen LogP contribution in [0.4, 0.5) is 4.39 Å². The molecule has 1 atom stereocenters. The zero-order valence-corrected chi connectivity index (χ0v) is 15.8. The predicted molar refractivity (Wildman–Crippen MR) is 102 cm³/mol. The van der Waals surface area contributed by atoms with Crippen LogP contribution in [0.3, 0.4) is 0 Å². The van der Waals surface area contributed by atoms with E-state index < -0.39 is 0 Å². The van der Waals surface area contributed by atoms with Crippen LogP contribution in [0, 0.1) is 5.82 Å². The van der Waals surface area contributed by atoms with Gasteiger partial charge in [0.2, 0.25) is 0 Å². The predicted octanol–water partition coefficient (Wildman–Crippen LogP) is 5.26. The fourth-order valence-corrected chi connectivity index (χ4v) is 4.04.